The predicted molar refractivity (Wildman–Crippen MR) is 214 cm³/mol. The standard InChI is InChI=1S/C52H64O12/c53-37-19-29(37)35(25-43(35,59)49-13-2-9-45(37,49)61-49)41(57)22-32(21-39(32,55)47-11-4-15-51(41,47)63-47)31-17-7-27(18-31)28-6-1-8-34(28,31)33-23-40(33,56)48-12-5-16-52(48,64-48)42(58,24-33)36-26-44(36,60)50-14-3-10-46(50,62-50)38(54)20-30(36)38/h27-30,53-60H,1-26H2. The third-order valence-corrected chi connectivity index (χ3v) is 30.3. The van der Waals surface area contributed by atoms with Crippen LogP contribution >= 0.6 is 0 Å². The Kier molecular flexibility index (Phi) is 4.37. The van der Waals surface area contributed by atoms with Crippen molar-refractivity contribution in [3.8, 4) is 0 Å². The normalized spacial score (nSPS) is 84.4. The molecule has 344 valence electrons. The largest absolute Gasteiger partial charge is 0.386 e. The number of ether oxygens (including phenoxy) is 4. The van der Waals surface area contributed by atoms with E-state index in [4.69, 9.17) is 18.9 Å². The van der Waals surface area contributed by atoms with Crippen LogP contribution in [0.25, 0.3) is 0 Å². The van der Waals surface area contributed by atoms with Crippen LogP contribution in [0.1, 0.15) is 167 Å². The Morgan fingerprint density at radius 1 is 0.312 bits per heavy atom. The van der Waals surface area contributed by atoms with Crippen LogP contribution in [-0.2, 0) is 18.9 Å². The molecule has 12 heteroatoms. The zero-order valence-electron chi connectivity index (χ0n) is 36.9. The van der Waals surface area contributed by atoms with Gasteiger partial charge in [-0.25, -0.2) is 0 Å². The molecule has 4 saturated heterocycles. The molecular formula is C52H64O12. The minimum Gasteiger partial charge on any atom is -0.386 e. The number of aliphatic hydroxyl groups is 8. The molecule has 21 aliphatic rings. The van der Waals surface area contributed by atoms with Crippen molar-refractivity contribution in [2.24, 2.45) is 56.2 Å². The molecule has 8 N–H and O–H groups in total. The Morgan fingerprint density at radius 2 is 0.703 bits per heavy atom. The summed E-state index contributed by atoms with van der Waals surface area (Å²) in [4.78, 5) is 0. The highest BCUT2D eigenvalue weighted by Crippen LogP contribution is 3.05. The van der Waals surface area contributed by atoms with E-state index < -0.39 is 122 Å². The molecular weight excluding hydrogens is 817 g/mol. The van der Waals surface area contributed by atoms with Gasteiger partial charge in [-0.05, 0) is 183 Å². The molecule has 17 aliphatic carbocycles. The van der Waals surface area contributed by atoms with Crippen LogP contribution in [0.3, 0.4) is 0 Å². The topological polar surface area (TPSA) is 212 Å². The molecule has 4 aliphatic heterocycles. The second kappa shape index (κ2) is 7.86. The lowest BCUT2D eigenvalue weighted by molar-refractivity contribution is -0.239. The highest BCUT2D eigenvalue weighted by atomic mass is 16.7. The van der Waals surface area contributed by atoms with Gasteiger partial charge in [-0.1, -0.05) is 6.42 Å². The Morgan fingerprint density at radius 3 is 1.23 bits per heavy atom. The molecule has 2 bridgehead atoms. The van der Waals surface area contributed by atoms with Gasteiger partial charge in [0.1, 0.15) is 89.6 Å². The molecule has 26 atom stereocenters. The molecule has 21 fully saturated rings. The van der Waals surface area contributed by atoms with Crippen molar-refractivity contribution < 1.29 is 59.8 Å². The minimum atomic E-state index is -1.49. The average molecular weight is 881 g/mol. The second-order valence-electron chi connectivity index (χ2n) is 29.2. The smallest absolute Gasteiger partial charge is 0.130 e. The summed E-state index contributed by atoms with van der Waals surface area (Å²) >= 11 is 0. The molecule has 0 aromatic rings. The highest BCUT2D eigenvalue weighted by Gasteiger charge is 3.15. The summed E-state index contributed by atoms with van der Waals surface area (Å²) in [6.07, 6.45) is 18.3. The van der Waals surface area contributed by atoms with Gasteiger partial charge in [-0.15, -0.1) is 0 Å². The molecule has 0 amide bonds. The van der Waals surface area contributed by atoms with Gasteiger partial charge in [0, 0.05) is 33.5 Å². The Balaban J connectivity index is 0.775. The second-order valence-corrected chi connectivity index (χ2v) is 29.2. The van der Waals surface area contributed by atoms with Crippen molar-refractivity contribution in [1.82, 2.24) is 0 Å². The van der Waals surface area contributed by atoms with Crippen LogP contribution < -0.4 is 0 Å². The Labute approximate surface area is 371 Å². The first-order chi connectivity index (χ1) is 30.2. The molecule has 26 unspecified atom stereocenters. The SMILES string of the molecule is OC12CC1C1(C3(O)CC4(C56CCC(C5)C5CCCC56C56CC5(O)C57CCCC5(O7)C(O)(C57CC5(O)C58CCCC5(O8)C5(O)CC57)C6)CC4(O)C45CCCC34O5)CC1(O)C13CCCC21O3. The molecule has 64 heavy (non-hydrogen) atoms. The maximum absolute atomic E-state index is 14.5. The van der Waals surface area contributed by atoms with Gasteiger partial charge in [-0.3, -0.25) is 0 Å². The van der Waals surface area contributed by atoms with Crippen molar-refractivity contribution in [2.75, 3.05) is 0 Å². The van der Waals surface area contributed by atoms with Crippen LogP contribution in [0, 0.1) is 56.2 Å². The average Bonchev–Trinajstić information content (AvgIpc) is 3.83. The van der Waals surface area contributed by atoms with Crippen molar-refractivity contribution >= 4 is 0 Å². The summed E-state index contributed by atoms with van der Waals surface area (Å²) in [6.45, 7) is 0. The van der Waals surface area contributed by atoms with E-state index in [1.165, 1.54) is 0 Å². The van der Waals surface area contributed by atoms with E-state index in [2.05, 4.69) is 0 Å². The van der Waals surface area contributed by atoms with Crippen LogP contribution in [0.15, 0.2) is 0 Å². The lowest BCUT2D eigenvalue weighted by Crippen LogP contribution is -2.73. The zero-order valence-corrected chi connectivity index (χ0v) is 36.9. The van der Waals surface area contributed by atoms with Gasteiger partial charge in [0.25, 0.3) is 0 Å². The molecule has 0 aromatic heterocycles. The number of hydrogen-bond donors (Lipinski definition) is 8. The van der Waals surface area contributed by atoms with Crippen molar-refractivity contribution in [3.05, 3.63) is 0 Å². The minimum absolute atomic E-state index is 0.286. The lowest BCUT2D eigenvalue weighted by Gasteiger charge is -2.64. The van der Waals surface area contributed by atoms with Gasteiger partial charge >= 0.3 is 0 Å². The van der Waals surface area contributed by atoms with E-state index in [-0.39, 0.29) is 17.8 Å². The molecule has 17 saturated carbocycles. The molecule has 0 radical (unpaired) electrons. The number of epoxide rings is 4. The van der Waals surface area contributed by atoms with Crippen LogP contribution in [0.4, 0.5) is 0 Å². The summed E-state index contributed by atoms with van der Waals surface area (Å²) in [5.74, 6) is 0.0969. The molecule has 21 rings (SSSR count). The Hall–Kier alpha value is -0.480. The maximum Gasteiger partial charge on any atom is 0.130 e. The molecule has 0 spiro atoms. The van der Waals surface area contributed by atoms with E-state index in [1.807, 2.05) is 0 Å². The fraction of sp³-hybridized carbons (Fsp3) is 1.00. The quantitative estimate of drug-likeness (QED) is 0.192. The summed E-state index contributed by atoms with van der Waals surface area (Å²) in [5, 5.41) is 109. The van der Waals surface area contributed by atoms with Gasteiger partial charge in [0.2, 0.25) is 0 Å². The summed E-state index contributed by atoms with van der Waals surface area (Å²) < 4.78 is 27.9. The molecule has 0 aromatic carbocycles. The number of fused-ring (bicyclic) bond motifs is 15. The van der Waals surface area contributed by atoms with Crippen molar-refractivity contribution in [2.45, 2.75) is 257 Å². The van der Waals surface area contributed by atoms with E-state index in [0.29, 0.717) is 95.8 Å². The molecule has 4 heterocycles. The number of hydrogen-bond acceptors (Lipinski definition) is 12. The monoisotopic (exact) mass is 880 g/mol. The van der Waals surface area contributed by atoms with Crippen LogP contribution in [0.5, 0.6) is 0 Å². The maximum atomic E-state index is 14.5. The lowest BCUT2D eigenvalue weighted by atomic mass is 9.39. The summed E-state index contributed by atoms with van der Waals surface area (Å²) in [5.41, 5.74) is -21.5. The van der Waals surface area contributed by atoms with Gasteiger partial charge in [0.15, 0.2) is 0 Å². The zero-order chi connectivity index (χ0) is 42.5. The Bertz CT molecular complexity index is 2630. The first kappa shape index (κ1) is 35.6. The summed E-state index contributed by atoms with van der Waals surface area (Å²) in [7, 11) is 0. The summed E-state index contributed by atoms with van der Waals surface area (Å²) in [6, 6.07) is 0. The van der Waals surface area contributed by atoms with E-state index in [1.54, 1.807) is 0 Å². The van der Waals surface area contributed by atoms with Crippen LogP contribution in [0.2, 0.25) is 0 Å². The fourth-order valence-electron chi connectivity index (χ4n) is 29.1. The third kappa shape index (κ3) is 2.17. The first-order valence-corrected chi connectivity index (χ1v) is 26.8. The van der Waals surface area contributed by atoms with Gasteiger partial charge < -0.3 is 59.8 Å². The third-order valence-electron chi connectivity index (χ3n) is 30.3. The highest BCUT2D eigenvalue weighted by molar-refractivity contribution is 5.64. The molecule has 12 nitrogen and oxygen atoms in total. The fourth-order valence-corrected chi connectivity index (χ4v) is 29.1. The van der Waals surface area contributed by atoms with E-state index in [9.17, 15) is 40.9 Å². The van der Waals surface area contributed by atoms with E-state index in [0.717, 1.165) is 77.0 Å². The van der Waals surface area contributed by atoms with Crippen molar-refractivity contribution in [1.29, 1.82) is 0 Å². The van der Waals surface area contributed by atoms with Crippen molar-refractivity contribution in [3.63, 3.8) is 0 Å². The number of rotatable bonds is 4. The van der Waals surface area contributed by atoms with E-state index >= 15 is 0 Å². The first-order valence-electron chi connectivity index (χ1n) is 26.8. The predicted octanol–water partition coefficient (Wildman–Crippen LogP) is 2.62. The van der Waals surface area contributed by atoms with Crippen LogP contribution in [-0.4, -0.2) is 130 Å². The van der Waals surface area contributed by atoms with Gasteiger partial charge in [-0.2, -0.15) is 0 Å². The van der Waals surface area contributed by atoms with Gasteiger partial charge in [0.05, 0.1) is 0 Å².